The van der Waals surface area contributed by atoms with Gasteiger partial charge < -0.3 is 27.9 Å². The first-order chi connectivity index (χ1) is 19.1. The molecule has 0 aromatic carbocycles. The second kappa shape index (κ2) is 28.1. The number of ether oxygens (including phenoxy) is 1. The molecule has 44 heavy (non-hydrogen) atoms. The van der Waals surface area contributed by atoms with E-state index in [-0.39, 0.29) is 77.8 Å². The van der Waals surface area contributed by atoms with E-state index in [1.165, 1.54) is 37.3 Å². The fraction of sp³-hybridized carbons (Fsp3) is 0.375. The van der Waals surface area contributed by atoms with E-state index in [0.717, 1.165) is 40.7 Å². The van der Waals surface area contributed by atoms with E-state index in [4.69, 9.17) is 24.5 Å². The van der Waals surface area contributed by atoms with Gasteiger partial charge in [0.25, 0.3) is 11.9 Å². The normalized spacial score (nSPS) is 11.4. The van der Waals surface area contributed by atoms with Gasteiger partial charge in [0.05, 0.1) is 4.47 Å². The first-order valence-corrected chi connectivity index (χ1v) is 12.2. The maximum atomic E-state index is 12.5. The van der Waals surface area contributed by atoms with Crippen molar-refractivity contribution in [2.24, 2.45) is 0 Å². The molecule has 1 fully saturated rings. The fourth-order valence-electron chi connectivity index (χ4n) is 1.63. The molecule has 3 rings (SSSR count). The summed E-state index contributed by atoms with van der Waals surface area (Å²) >= 11 is 3.04. The van der Waals surface area contributed by atoms with Gasteiger partial charge in [-0.15, -0.1) is 6.58 Å². The largest absolute Gasteiger partial charge is 1.00 e. The smallest absolute Gasteiger partial charge is 0.552 e. The molecule has 1 saturated heterocycles. The number of aromatic nitrogens is 4. The third-order valence-electron chi connectivity index (χ3n) is 3.28. The third-order valence-corrected chi connectivity index (χ3v) is 3.69. The Balaban J connectivity index is -0.000000145. The van der Waals surface area contributed by atoms with E-state index in [1.54, 1.807) is 0 Å². The molecule has 0 bridgehead atoms. The molecule has 0 radical (unpaired) electrons. The van der Waals surface area contributed by atoms with Crippen LogP contribution in [0.25, 0.3) is 6.08 Å². The van der Waals surface area contributed by atoms with Gasteiger partial charge in [0.2, 0.25) is 0 Å². The summed E-state index contributed by atoms with van der Waals surface area (Å²) in [5.74, 6) is -8.52. The van der Waals surface area contributed by atoms with Crippen LogP contribution in [0, 0.1) is 6.61 Å². The predicted octanol–water partition coefficient (Wildman–Crippen LogP) is 4.28. The van der Waals surface area contributed by atoms with E-state index in [0.29, 0.717) is 10.0 Å². The predicted molar refractivity (Wildman–Crippen MR) is 146 cm³/mol. The minimum atomic E-state index is -4.72. The molecule has 0 spiro atoms. The number of hydrogen-bond donors (Lipinski definition) is 2. The van der Waals surface area contributed by atoms with Crippen LogP contribution in [0.15, 0.2) is 48.4 Å². The van der Waals surface area contributed by atoms with Gasteiger partial charge in [-0.2, -0.15) is 30.0 Å². The zero-order valence-corrected chi connectivity index (χ0v) is 30.7. The zero-order chi connectivity index (χ0) is 33.6. The van der Waals surface area contributed by atoms with Crippen molar-refractivity contribution in [2.45, 2.75) is 52.4 Å². The Morgan fingerprint density at radius 1 is 0.932 bits per heavy atom. The maximum absolute atomic E-state index is 12.5. The number of alkyl halides is 4. The van der Waals surface area contributed by atoms with Gasteiger partial charge in [0.1, 0.15) is 0 Å². The molecule has 248 valence electrons. The van der Waals surface area contributed by atoms with Crippen LogP contribution in [0.4, 0.5) is 30.5 Å². The van der Waals surface area contributed by atoms with E-state index in [9.17, 15) is 30.5 Å². The molecule has 3 heterocycles. The number of aliphatic carboxylic acids is 2. The molecule has 1 aliphatic rings. The van der Waals surface area contributed by atoms with Gasteiger partial charge in [-0.25, -0.2) is 26.5 Å². The van der Waals surface area contributed by atoms with Crippen molar-refractivity contribution in [3.05, 3.63) is 72.2 Å². The number of rotatable bonds is 4. The van der Waals surface area contributed by atoms with E-state index in [2.05, 4.69) is 49.0 Å². The van der Waals surface area contributed by atoms with Crippen molar-refractivity contribution in [1.82, 2.24) is 19.9 Å². The van der Waals surface area contributed by atoms with Crippen molar-refractivity contribution in [2.75, 3.05) is 6.61 Å². The Labute approximate surface area is 315 Å². The minimum Gasteiger partial charge on any atom is -0.552 e. The quantitative estimate of drug-likeness (QED) is 0.263. The number of nitrogens with zero attached hydrogens (tertiary/aromatic N) is 4. The molecule has 0 unspecified atom stereocenters. The summed E-state index contributed by atoms with van der Waals surface area (Å²) in [7, 11) is 0. The Hall–Kier alpha value is -1.11. The third kappa shape index (κ3) is 38.9. The molecule has 9 nitrogen and oxygen atoms in total. The molecular formula is C24H31BBrF7KN4O5Pd-. The number of halogens is 8. The Kier molecular flexibility index (Phi) is 33.5. The van der Waals surface area contributed by atoms with Crippen molar-refractivity contribution >= 4 is 40.9 Å². The molecule has 2 N–H and O–H groups in total. The molecule has 20 heteroatoms. The zero-order valence-electron chi connectivity index (χ0n) is 24.4. The van der Waals surface area contributed by atoms with Gasteiger partial charge in [0, 0.05) is 85.1 Å². The summed E-state index contributed by atoms with van der Waals surface area (Å²) < 4.78 is 87.6. The van der Waals surface area contributed by atoms with Crippen LogP contribution in [0.5, 0.6) is 0 Å². The summed E-state index contributed by atoms with van der Waals surface area (Å²) in [4.78, 5) is 31.9. The standard InChI is InChI=1S/C8H8F2N2.C6H5BrF2N2.C4H7O.C2H3BF3.2C2H4O2.K.Pd/c1-3-6-4-11-7(12-5-6)8(2,9)10;1-6(8,9)5-10-2-4(7)3-11-5;1-2-4-5-3-1;1-2-3(4,5)6;2*1-2(3)4;;/h3-5H,1H2,2H3;2-3H,1H3;3H,1-2,4H2;2H,1H2;2*1H3,(H,3,4);;/q;;2*-1;;;+1;. The molecule has 0 atom stereocenters. The minimum absolute atomic E-state index is 0. The average molecular weight is 825 g/mol. The Morgan fingerprint density at radius 2 is 1.25 bits per heavy atom. The molecule has 1 aliphatic heterocycles. The van der Waals surface area contributed by atoms with Crippen molar-refractivity contribution < 1.29 is 127 Å². The number of carboxylic acids is 2. The topological polar surface area (TPSA) is 135 Å². The van der Waals surface area contributed by atoms with Crippen molar-refractivity contribution in [3.63, 3.8) is 0 Å². The SMILES string of the molecule is C=C[B-](F)(F)F.C=Cc1cnc(C(C)(F)F)nc1.CC(=O)O.CC(=O)O.CC(F)(F)c1ncc(Br)cn1.[CH-]1CCCO1.[K+].[Pd]. The fourth-order valence-corrected chi connectivity index (χ4v) is 1.83. The van der Waals surface area contributed by atoms with Crippen LogP contribution in [-0.2, 0) is 46.6 Å². The van der Waals surface area contributed by atoms with E-state index < -0.39 is 42.4 Å². The van der Waals surface area contributed by atoms with Gasteiger partial charge in [-0.1, -0.05) is 19.1 Å². The van der Waals surface area contributed by atoms with Gasteiger partial charge >= 0.3 is 70.2 Å². The second-order valence-corrected chi connectivity index (χ2v) is 8.54. The van der Waals surface area contributed by atoms with Crippen LogP contribution >= 0.6 is 15.9 Å². The van der Waals surface area contributed by atoms with Crippen LogP contribution < -0.4 is 51.4 Å². The van der Waals surface area contributed by atoms with Crippen LogP contribution in [0.1, 0.15) is 57.7 Å². The van der Waals surface area contributed by atoms with Gasteiger partial charge in [0.15, 0.2) is 11.6 Å². The Morgan fingerprint density at radius 3 is 1.43 bits per heavy atom. The van der Waals surface area contributed by atoms with E-state index in [1.807, 2.05) is 6.61 Å². The average Bonchev–Trinajstić information content (AvgIpc) is 3.43. The molecule has 0 aliphatic carbocycles. The van der Waals surface area contributed by atoms with Crippen LogP contribution in [0.2, 0.25) is 0 Å². The number of hydrogen-bond acceptors (Lipinski definition) is 7. The van der Waals surface area contributed by atoms with Crippen LogP contribution in [-0.4, -0.2) is 55.7 Å². The van der Waals surface area contributed by atoms with Crippen LogP contribution in [0.3, 0.4) is 0 Å². The van der Waals surface area contributed by atoms with Crippen molar-refractivity contribution in [3.8, 4) is 0 Å². The van der Waals surface area contributed by atoms with Gasteiger partial charge in [-0.3, -0.25) is 9.59 Å². The summed E-state index contributed by atoms with van der Waals surface area (Å²) in [5, 5.41) is 14.8. The summed E-state index contributed by atoms with van der Waals surface area (Å²) in [6, 6.07) is 0. The van der Waals surface area contributed by atoms with E-state index >= 15 is 0 Å². The summed E-state index contributed by atoms with van der Waals surface area (Å²) in [5.41, 5.74) is 0.628. The van der Waals surface area contributed by atoms with Gasteiger partial charge in [-0.05, 0) is 15.9 Å². The monoisotopic (exact) mass is 823 g/mol. The molecule has 0 saturated carbocycles. The first kappa shape index (κ1) is 52.4. The molecule has 2 aromatic rings. The van der Waals surface area contributed by atoms with Crippen molar-refractivity contribution in [1.29, 1.82) is 0 Å². The number of carboxylic acid groups (broad SMARTS) is 2. The Bertz CT molecular complexity index is 1030. The summed E-state index contributed by atoms with van der Waals surface area (Å²) in [6.45, 7) is 7.76. The first-order valence-electron chi connectivity index (χ1n) is 11.4. The molecule has 0 amide bonds. The summed E-state index contributed by atoms with van der Waals surface area (Å²) in [6.07, 6.45) is 9.08. The second-order valence-electron chi connectivity index (χ2n) is 7.62. The number of carbonyl (C=O) groups is 2. The molecule has 2 aromatic heterocycles. The maximum Gasteiger partial charge on any atom is 1.00 e. The molecular weight excluding hydrogens is 794 g/mol.